The summed E-state index contributed by atoms with van der Waals surface area (Å²) in [6.45, 7) is 1.69. The molecule has 0 saturated carbocycles. The van der Waals surface area contributed by atoms with Gasteiger partial charge in [0.2, 0.25) is 31.2 Å². The third kappa shape index (κ3) is 12.6. The fourth-order valence-corrected chi connectivity index (χ4v) is 12.1. The Morgan fingerprint density at radius 2 is 0.593 bits per heavy atom. The van der Waals surface area contributed by atoms with E-state index in [1.54, 1.807) is 128 Å². The van der Waals surface area contributed by atoms with Gasteiger partial charge in [0.25, 0.3) is 0 Å². The Bertz CT molecular complexity index is 4180. The molecular weight excluding hydrogens is 1140 g/mol. The number of ketones is 1. The quantitative estimate of drug-likeness (QED) is 0.0672. The number of methoxy groups -OCH3 is 1. The van der Waals surface area contributed by atoms with Gasteiger partial charge in [0.05, 0.1) is 53.1 Å². The van der Waals surface area contributed by atoms with Crippen LogP contribution >= 0.6 is 0 Å². The lowest BCUT2D eigenvalue weighted by molar-refractivity contribution is -0.130. The van der Waals surface area contributed by atoms with Gasteiger partial charge in [0, 0.05) is 33.4 Å². The Balaban J connectivity index is 0.000000191. The van der Waals surface area contributed by atoms with Crippen LogP contribution in [0.15, 0.2) is 262 Å². The molecule has 0 unspecified atom stereocenters. The molecule has 10 aromatic carbocycles. The summed E-state index contributed by atoms with van der Waals surface area (Å²) in [7, 11) is -5.98. The topological polar surface area (TPSA) is 179 Å². The van der Waals surface area contributed by atoms with E-state index >= 15 is 0 Å². The number of halogens is 2. The zero-order valence-electron chi connectivity index (χ0n) is 45.7. The Hall–Kier alpha value is -9.53. The summed E-state index contributed by atoms with van der Waals surface area (Å²) in [6, 6.07) is 64.0. The zero-order chi connectivity index (χ0) is 59.9. The van der Waals surface area contributed by atoms with Gasteiger partial charge in [-0.1, -0.05) is 0 Å². The standard InChI is InChI=1S/C41H31FO8S.C27H21FO6S/c1-46-33-12-2-28(3-13-33)40(43)29-4-14-34(15-5-29)49-35-16-6-30(7-17-35)41(47-26-27-48-41)31-8-18-36(19-9-31)50-37-20-24-39(25-21-37)51(44,45)38-22-10-32(42)11-23-38;28-21-5-13-25(14-6-21)35(30,31)26-15-11-24(12-16-26)34-23-9-3-20(4-10-23)27(32-17-18-33-27)19-1-7-22(29)8-2-19/h2-25H,26-27H2,1H3;1-16,29H,17-18H2. The third-order valence-electron chi connectivity index (χ3n) is 14.0. The predicted molar refractivity (Wildman–Crippen MR) is 312 cm³/mol. The normalized spacial score (nSPS) is 14.3. The van der Waals surface area contributed by atoms with Crippen LogP contribution in [0.3, 0.4) is 0 Å². The summed E-state index contributed by atoms with van der Waals surface area (Å²) in [5.41, 5.74) is 4.19. The molecular formula is C68H52F2O14S2. The zero-order valence-corrected chi connectivity index (χ0v) is 47.4. The van der Waals surface area contributed by atoms with E-state index in [0.29, 0.717) is 77.8 Å². The van der Waals surface area contributed by atoms with E-state index in [4.69, 9.17) is 37.9 Å². The van der Waals surface area contributed by atoms with E-state index in [9.17, 15) is 35.5 Å². The van der Waals surface area contributed by atoms with Crippen LogP contribution in [0.1, 0.15) is 38.2 Å². The summed E-state index contributed by atoms with van der Waals surface area (Å²) < 4.78 is 125. The van der Waals surface area contributed by atoms with Crippen LogP contribution in [-0.4, -0.2) is 61.3 Å². The fraction of sp³-hybridized carbons (Fsp3) is 0.103. The lowest BCUT2D eigenvalue weighted by Gasteiger charge is -2.28. The Morgan fingerprint density at radius 3 is 0.872 bits per heavy atom. The van der Waals surface area contributed by atoms with Crippen molar-refractivity contribution < 1.29 is 73.4 Å². The maximum Gasteiger partial charge on any atom is 0.222 e. The van der Waals surface area contributed by atoms with Crippen molar-refractivity contribution in [3.8, 4) is 46.0 Å². The molecule has 2 saturated heterocycles. The van der Waals surface area contributed by atoms with E-state index < -0.39 is 42.9 Å². The van der Waals surface area contributed by atoms with Gasteiger partial charge in [0.15, 0.2) is 5.78 Å². The van der Waals surface area contributed by atoms with Crippen molar-refractivity contribution >= 4 is 25.5 Å². The maximum absolute atomic E-state index is 13.3. The minimum Gasteiger partial charge on any atom is -0.508 e. The molecule has 0 aromatic heterocycles. The summed E-state index contributed by atoms with van der Waals surface area (Å²) in [6.07, 6.45) is 0. The van der Waals surface area contributed by atoms with Crippen LogP contribution in [0.4, 0.5) is 8.78 Å². The van der Waals surface area contributed by atoms with Gasteiger partial charge in [-0.15, -0.1) is 0 Å². The van der Waals surface area contributed by atoms with Gasteiger partial charge in [-0.3, -0.25) is 4.79 Å². The van der Waals surface area contributed by atoms with E-state index in [0.717, 1.165) is 46.5 Å². The fourth-order valence-electron chi connectivity index (χ4n) is 9.60. The highest BCUT2D eigenvalue weighted by Crippen LogP contribution is 2.42. The lowest BCUT2D eigenvalue weighted by Crippen LogP contribution is -2.28. The van der Waals surface area contributed by atoms with Crippen molar-refractivity contribution in [1.29, 1.82) is 0 Å². The smallest absolute Gasteiger partial charge is 0.222 e. The molecule has 0 bridgehead atoms. The van der Waals surface area contributed by atoms with Crippen LogP contribution in [0.5, 0.6) is 46.0 Å². The van der Waals surface area contributed by atoms with Crippen LogP contribution < -0.4 is 18.9 Å². The first-order chi connectivity index (χ1) is 41.6. The number of hydrogen-bond acceptors (Lipinski definition) is 14. The number of phenolic OH excluding ortho intramolecular Hbond substituents is 1. The first kappa shape index (κ1) is 58.3. The van der Waals surface area contributed by atoms with Gasteiger partial charge in [-0.25, -0.2) is 25.6 Å². The molecule has 2 fully saturated rings. The summed E-state index contributed by atoms with van der Waals surface area (Å²) in [4.78, 5) is 13.1. The van der Waals surface area contributed by atoms with Crippen molar-refractivity contribution in [1.82, 2.24) is 0 Å². The van der Waals surface area contributed by atoms with Crippen LogP contribution in [0, 0.1) is 11.6 Å². The van der Waals surface area contributed by atoms with E-state index in [1.807, 2.05) is 48.5 Å². The van der Waals surface area contributed by atoms with E-state index in [2.05, 4.69) is 0 Å². The molecule has 18 heteroatoms. The average molecular weight is 1200 g/mol. The third-order valence-corrected chi connectivity index (χ3v) is 17.6. The Kier molecular flexibility index (Phi) is 16.9. The maximum atomic E-state index is 13.3. The van der Waals surface area contributed by atoms with Crippen molar-refractivity contribution in [3.63, 3.8) is 0 Å². The molecule has 14 nitrogen and oxygen atoms in total. The van der Waals surface area contributed by atoms with Crippen molar-refractivity contribution in [3.05, 3.63) is 288 Å². The monoisotopic (exact) mass is 1190 g/mol. The highest BCUT2D eigenvalue weighted by molar-refractivity contribution is 7.91. The second-order valence-corrected chi connectivity index (χ2v) is 23.4. The minimum absolute atomic E-state index is 0.00569. The molecule has 0 spiro atoms. The van der Waals surface area contributed by atoms with Crippen molar-refractivity contribution in [2.45, 2.75) is 31.2 Å². The molecule has 10 aromatic rings. The molecule has 12 rings (SSSR count). The SMILES string of the molecule is COc1ccc(C(=O)c2ccc(Oc3ccc(C4(c5ccc(Oc6ccc(S(=O)(=O)c7ccc(F)cc7)cc6)cc5)OCCO4)cc3)cc2)cc1.O=S(=O)(c1ccc(F)cc1)c1ccc(Oc2ccc(C3(c4ccc(O)cc4)OCCO3)cc2)cc1. The number of benzene rings is 10. The van der Waals surface area contributed by atoms with Crippen molar-refractivity contribution in [2.75, 3.05) is 33.5 Å². The Morgan fingerprint density at radius 1 is 0.360 bits per heavy atom. The number of aromatic hydroxyl groups is 1. The second-order valence-electron chi connectivity index (χ2n) is 19.5. The summed E-state index contributed by atoms with van der Waals surface area (Å²) >= 11 is 0. The molecule has 0 aliphatic carbocycles. The van der Waals surface area contributed by atoms with Gasteiger partial charge >= 0.3 is 0 Å². The molecule has 0 amide bonds. The number of carbonyl (C=O) groups excluding carboxylic acids is 1. The first-order valence-corrected chi connectivity index (χ1v) is 29.8. The van der Waals surface area contributed by atoms with Crippen molar-refractivity contribution in [2.24, 2.45) is 0 Å². The van der Waals surface area contributed by atoms with Crippen LogP contribution in [-0.2, 0) is 50.2 Å². The number of ether oxygens (including phenoxy) is 8. The van der Waals surface area contributed by atoms with Crippen LogP contribution in [0.25, 0.3) is 0 Å². The van der Waals surface area contributed by atoms with Gasteiger partial charge in [-0.05, 0) is 243 Å². The average Bonchev–Trinajstić information content (AvgIpc) is 1.96. The lowest BCUT2D eigenvalue weighted by atomic mass is 9.97. The number of hydrogen-bond donors (Lipinski definition) is 1. The highest BCUT2D eigenvalue weighted by Gasteiger charge is 2.42. The molecule has 86 heavy (non-hydrogen) atoms. The molecule has 2 aliphatic heterocycles. The number of carbonyl (C=O) groups is 1. The van der Waals surface area contributed by atoms with Gasteiger partial charge < -0.3 is 43.0 Å². The summed E-state index contributed by atoms with van der Waals surface area (Å²) in [5, 5.41) is 9.61. The van der Waals surface area contributed by atoms with Crippen LogP contribution in [0.2, 0.25) is 0 Å². The van der Waals surface area contributed by atoms with E-state index in [1.165, 1.54) is 48.5 Å². The molecule has 434 valence electrons. The minimum atomic E-state index is -3.80. The molecule has 2 aliphatic rings. The number of phenols is 1. The number of rotatable bonds is 17. The molecule has 0 atom stereocenters. The largest absolute Gasteiger partial charge is 0.508 e. The van der Waals surface area contributed by atoms with Gasteiger partial charge in [0.1, 0.15) is 57.6 Å². The molecule has 2 heterocycles. The van der Waals surface area contributed by atoms with Gasteiger partial charge in [-0.2, -0.15) is 0 Å². The second kappa shape index (κ2) is 25.0. The predicted octanol–water partition coefficient (Wildman–Crippen LogP) is 14.1. The first-order valence-electron chi connectivity index (χ1n) is 26.8. The summed E-state index contributed by atoms with van der Waals surface area (Å²) in [5.74, 6) is 0.688. The number of sulfone groups is 2. The Labute approximate surface area is 494 Å². The molecule has 0 radical (unpaired) electrons. The van der Waals surface area contributed by atoms with E-state index in [-0.39, 0.29) is 31.1 Å². The highest BCUT2D eigenvalue weighted by atomic mass is 32.2. The molecule has 1 N–H and O–H groups in total.